The van der Waals surface area contributed by atoms with Gasteiger partial charge in [0, 0.05) is 62.2 Å². The maximum Gasteiger partial charge on any atom is 0.251 e. The van der Waals surface area contributed by atoms with Crippen LogP contribution in [0.5, 0.6) is 0 Å². The van der Waals surface area contributed by atoms with Gasteiger partial charge in [0.05, 0.1) is 58.8 Å². The first kappa shape index (κ1) is 40.4. The molecule has 2 heterocycles. The van der Waals surface area contributed by atoms with Gasteiger partial charge in [-0.3, -0.25) is 19.2 Å². The summed E-state index contributed by atoms with van der Waals surface area (Å²) in [5, 5.41) is 24.0. The van der Waals surface area contributed by atoms with E-state index in [9.17, 15) is 19.2 Å². The zero-order valence-electron chi connectivity index (χ0n) is 30.1. The topological polar surface area (TPSA) is 219 Å². The largest absolute Gasteiger partial charge is 0.421 e. The van der Waals surface area contributed by atoms with Crippen molar-refractivity contribution in [2.24, 2.45) is 5.92 Å². The Morgan fingerprint density at radius 1 is 0.585 bits per heavy atom. The third-order valence-corrected chi connectivity index (χ3v) is 7.49. The molecule has 0 saturated heterocycles. The molecule has 17 nitrogen and oxygen atoms in total. The van der Waals surface area contributed by atoms with E-state index in [0.717, 1.165) is 0 Å². The van der Waals surface area contributed by atoms with Gasteiger partial charge in [-0.15, -0.1) is 20.4 Å². The molecule has 0 fully saturated rings. The van der Waals surface area contributed by atoms with Crippen molar-refractivity contribution < 1.29 is 47.0 Å². The summed E-state index contributed by atoms with van der Waals surface area (Å²) in [6.45, 7) is 7.89. The van der Waals surface area contributed by atoms with Crippen molar-refractivity contribution in [3.05, 3.63) is 71.4 Å². The third kappa shape index (κ3) is 14.3. The van der Waals surface area contributed by atoms with Crippen molar-refractivity contribution in [2.75, 3.05) is 72.5 Å². The monoisotopic (exact) mass is 735 g/mol. The van der Waals surface area contributed by atoms with Crippen LogP contribution in [0.25, 0.3) is 22.9 Å². The van der Waals surface area contributed by atoms with Gasteiger partial charge in [-0.25, -0.2) is 0 Å². The van der Waals surface area contributed by atoms with Crippen LogP contribution in [0, 0.1) is 19.8 Å². The lowest BCUT2D eigenvalue weighted by atomic mass is 10.1. The Labute approximate surface area is 306 Å². The second-order valence-corrected chi connectivity index (χ2v) is 11.7. The molecular formula is C36H45N7O10. The molecule has 0 aliphatic carbocycles. The van der Waals surface area contributed by atoms with Crippen molar-refractivity contribution in [3.8, 4) is 22.9 Å². The summed E-state index contributed by atoms with van der Waals surface area (Å²) in [6.07, 6.45) is 0.394. The molecule has 2 aromatic carbocycles. The van der Waals surface area contributed by atoms with Gasteiger partial charge in [0.25, 0.3) is 11.8 Å². The second kappa shape index (κ2) is 21.9. The van der Waals surface area contributed by atoms with Crippen molar-refractivity contribution in [1.82, 2.24) is 36.3 Å². The van der Waals surface area contributed by atoms with Crippen molar-refractivity contribution in [1.29, 1.82) is 0 Å². The fourth-order valence-electron chi connectivity index (χ4n) is 4.62. The molecular weight excluding hydrogens is 690 g/mol. The molecule has 0 unspecified atom stereocenters. The number of benzene rings is 2. The number of Topliss-reactive ketones (excluding diaryl/α,β-unsaturated/α-hetero) is 1. The number of aromatic nitrogens is 4. The molecule has 0 aliphatic heterocycles. The summed E-state index contributed by atoms with van der Waals surface area (Å²) in [7, 11) is 0. The van der Waals surface area contributed by atoms with E-state index in [-0.39, 0.29) is 37.9 Å². The Morgan fingerprint density at radius 2 is 1.00 bits per heavy atom. The SMILES string of the molecule is CC(=O)CCOCCOCCOCCOCCNC(=O)C(CNC(=O)c1ccc(-c2nnc(C)o2)cc1)CNC(=O)c1ccc(-c2nnc(C)o2)cc1. The zero-order valence-corrected chi connectivity index (χ0v) is 30.1. The van der Waals surface area contributed by atoms with E-state index in [1.54, 1.807) is 62.4 Å². The highest BCUT2D eigenvalue weighted by Crippen LogP contribution is 2.19. The van der Waals surface area contributed by atoms with Gasteiger partial charge in [-0.05, 0) is 55.5 Å². The fraction of sp³-hybridized carbons (Fsp3) is 0.444. The number of amides is 3. The van der Waals surface area contributed by atoms with Crippen LogP contribution in [0.15, 0.2) is 57.4 Å². The summed E-state index contributed by atoms with van der Waals surface area (Å²) in [5.74, 6) is -0.369. The van der Waals surface area contributed by atoms with Crippen molar-refractivity contribution in [2.45, 2.75) is 27.2 Å². The number of carbonyl (C=O) groups is 4. The first-order valence-electron chi connectivity index (χ1n) is 17.1. The van der Waals surface area contributed by atoms with Crippen LogP contribution in [0.1, 0.15) is 45.8 Å². The Bertz CT molecular complexity index is 1640. The Hall–Kier alpha value is -5.36. The van der Waals surface area contributed by atoms with Crippen LogP contribution < -0.4 is 16.0 Å². The number of ketones is 1. The molecule has 3 N–H and O–H groups in total. The van der Waals surface area contributed by atoms with Gasteiger partial charge >= 0.3 is 0 Å². The van der Waals surface area contributed by atoms with E-state index in [0.29, 0.717) is 98.5 Å². The Balaban J connectivity index is 1.20. The predicted octanol–water partition coefficient (Wildman–Crippen LogP) is 2.34. The van der Waals surface area contributed by atoms with E-state index in [4.69, 9.17) is 27.8 Å². The molecule has 4 aromatic rings. The van der Waals surface area contributed by atoms with Crippen LogP contribution in [0.3, 0.4) is 0 Å². The molecule has 0 saturated carbocycles. The van der Waals surface area contributed by atoms with Gasteiger partial charge in [-0.2, -0.15) is 0 Å². The number of aryl methyl sites for hydroxylation is 2. The average Bonchev–Trinajstić information content (AvgIpc) is 3.80. The highest BCUT2D eigenvalue weighted by atomic mass is 16.6. The number of nitrogens with one attached hydrogen (secondary N) is 3. The molecule has 0 spiro atoms. The zero-order chi connectivity index (χ0) is 37.8. The lowest BCUT2D eigenvalue weighted by Crippen LogP contribution is -2.45. The fourth-order valence-corrected chi connectivity index (χ4v) is 4.62. The summed E-state index contributed by atoms with van der Waals surface area (Å²) < 4.78 is 32.6. The summed E-state index contributed by atoms with van der Waals surface area (Å²) in [5.41, 5.74) is 2.04. The van der Waals surface area contributed by atoms with E-state index < -0.39 is 17.7 Å². The maximum atomic E-state index is 13.2. The van der Waals surface area contributed by atoms with Crippen molar-refractivity contribution >= 4 is 23.5 Å². The lowest BCUT2D eigenvalue weighted by molar-refractivity contribution is -0.125. The minimum Gasteiger partial charge on any atom is -0.421 e. The highest BCUT2D eigenvalue weighted by Gasteiger charge is 2.21. The molecule has 53 heavy (non-hydrogen) atoms. The number of carbonyl (C=O) groups excluding carboxylic acids is 4. The standard InChI is InChI=1S/C36H45N7O10/c1-24(44)12-14-48-16-18-50-20-21-51-19-17-49-15-13-37-34(47)31(22-38-32(45)27-4-8-29(9-5-27)35-42-40-25(2)52-35)23-39-33(46)28-6-10-30(11-7-28)36-43-41-26(3)53-36/h4-11,31H,12-23H2,1-3H3,(H,37,47)(H,38,45)(H,39,46). The van der Waals surface area contributed by atoms with Crippen LogP contribution in [0.4, 0.5) is 0 Å². The number of hydrogen-bond donors (Lipinski definition) is 3. The minimum absolute atomic E-state index is 0.0493. The van der Waals surface area contributed by atoms with Gasteiger partial charge in [0.15, 0.2) is 0 Å². The average molecular weight is 736 g/mol. The molecule has 2 aromatic heterocycles. The second-order valence-electron chi connectivity index (χ2n) is 11.7. The molecule has 0 radical (unpaired) electrons. The van der Waals surface area contributed by atoms with E-state index >= 15 is 0 Å². The highest BCUT2D eigenvalue weighted by molar-refractivity contribution is 5.96. The third-order valence-electron chi connectivity index (χ3n) is 7.49. The molecule has 3 amide bonds. The smallest absolute Gasteiger partial charge is 0.251 e. The number of hydrogen-bond acceptors (Lipinski definition) is 14. The molecule has 4 rings (SSSR count). The first-order chi connectivity index (χ1) is 25.7. The molecule has 0 atom stereocenters. The number of nitrogens with zero attached hydrogens (tertiary/aromatic N) is 4. The quantitative estimate of drug-likeness (QED) is 0.0880. The molecule has 0 aliphatic rings. The summed E-state index contributed by atoms with van der Waals surface area (Å²) >= 11 is 0. The minimum atomic E-state index is -0.799. The Morgan fingerprint density at radius 3 is 1.40 bits per heavy atom. The van der Waals surface area contributed by atoms with Gasteiger partial charge in [0.1, 0.15) is 5.78 Å². The maximum absolute atomic E-state index is 13.2. The molecule has 284 valence electrons. The van der Waals surface area contributed by atoms with E-state index in [1.807, 2.05) is 0 Å². The van der Waals surface area contributed by atoms with Crippen molar-refractivity contribution in [3.63, 3.8) is 0 Å². The normalized spacial score (nSPS) is 11.1. The van der Waals surface area contributed by atoms with Gasteiger partial charge in [0.2, 0.25) is 29.5 Å². The lowest BCUT2D eigenvalue weighted by Gasteiger charge is -2.18. The van der Waals surface area contributed by atoms with Crippen LogP contribution >= 0.6 is 0 Å². The molecule has 0 bridgehead atoms. The van der Waals surface area contributed by atoms with Crippen LogP contribution in [-0.2, 0) is 28.5 Å². The predicted molar refractivity (Wildman–Crippen MR) is 189 cm³/mol. The van der Waals surface area contributed by atoms with Gasteiger partial charge in [-0.1, -0.05) is 0 Å². The Kier molecular flexibility index (Phi) is 16.7. The van der Waals surface area contributed by atoms with Gasteiger partial charge < -0.3 is 43.7 Å². The van der Waals surface area contributed by atoms with E-state index in [1.165, 1.54) is 6.92 Å². The number of rotatable bonds is 24. The molecule has 17 heteroatoms. The van der Waals surface area contributed by atoms with Crippen LogP contribution in [-0.4, -0.2) is 116 Å². The van der Waals surface area contributed by atoms with Crippen LogP contribution in [0.2, 0.25) is 0 Å². The number of ether oxygens (including phenoxy) is 4. The summed E-state index contributed by atoms with van der Waals surface area (Å²) in [4.78, 5) is 50.1. The van der Waals surface area contributed by atoms with E-state index in [2.05, 4.69) is 36.3 Å². The first-order valence-corrected chi connectivity index (χ1v) is 17.1. The summed E-state index contributed by atoms with van der Waals surface area (Å²) in [6, 6.07) is 13.2.